The molecule has 0 saturated heterocycles. The van der Waals surface area contributed by atoms with Crippen molar-refractivity contribution in [1.82, 2.24) is 8.75 Å². The maximum atomic E-state index is 12.3. The minimum Gasteiger partial charge on any atom is -0.490 e. The Morgan fingerprint density at radius 2 is 2.13 bits per heavy atom. The molecule has 0 unspecified atom stereocenters. The first-order valence-corrected chi connectivity index (χ1v) is 7.18. The Kier molecular flexibility index (Phi) is 3.85. The van der Waals surface area contributed by atoms with Crippen LogP contribution in [0.2, 0.25) is 0 Å². The van der Waals surface area contributed by atoms with Gasteiger partial charge in [0.05, 0.1) is 29.4 Å². The number of nitrogens with zero attached hydrogens (tertiary/aromatic N) is 3. The van der Waals surface area contributed by atoms with E-state index in [9.17, 15) is 14.9 Å². The quantitative estimate of drug-likeness (QED) is 0.582. The SMILES string of the molecule is COc1ccc(C(=O)Nc2cccc3nsnc23)cc1[N+](=O)[O-]. The smallest absolute Gasteiger partial charge is 0.311 e. The molecule has 1 heterocycles. The van der Waals surface area contributed by atoms with Gasteiger partial charge in [-0.05, 0) is 24.3 Å². The van der Waals surface area contributed by atoms with Crippen LogP contribution >= 0.6 is 11.7 Å². The third-order valence-electron chi connectivity index (χ3n) is 3.17. The van der Waals surface area contributed by atoms with E-state index in [1.165, 1.54) is 25.3 Å². The van der Waals surface area contributed by atoms with Gasteiger partial charge in [-0.15, -0.1) is 0 Å². The highest BCUT2D eigenvalue weighted by Crippen LogP contribution is 2.28. The van der Waals surface area contributed by atoms with E-state index in [-0.39, 0.29) is 17.0 Å². The summed E-state index contributed by atoms with van der Waals surface area (Å²) in [5.41, 5.74) is 1.63. The molecule has 9 heteroatoms. The van der Waals surface area contributed by atoms with Crippen LogP contribution < -0.4 is 10.1 Å². The maximum Gasteiger partial charge on any atom is 0.311 e. The number of hydrogen-bond acceptors (Lipinski definition) is 7. The second kappa shape index (κ2) is 5.97. The largest absolute Gasteiger partial charge is 0.490 e. The number of nitro benzene ring substituents is 1. The molecule has 0 aliphatic carbocycles. The minimum absolute atomic E-state index is 0.0948. The van der Waals surface area contributed by atoms with Gasteiger partial charge in [-0.1, -0.05) is 6.07 Å². The van der Waals surface area contributed by atoms with Gasteiger partial charge in [-0.2, -0.15) is 8.75 Å². The van der Waals surface area contributed by atoms with E-state index in [4.69, 9.17) is 4.74 Å². The van der Waals surface area contributed by atoms with Gasteiger partial charge in [0, 0.05) is 11.6 Å². The zero-order valence-corrected chi connectivity index (χ0v) is 12.7. The average molecular weight is 330 g/mol. The molecule has 0 atom stereocenters. The van der Waals surface area contributed by atoms with Crippen LogP contribution in [0.15, 0.2) is 36.4 Å². The van der Waals surface area contributed by atoms with Crippen LogP contribution in [-0.2, 0) is 0 Å². The number of carbonyl (C=O) groups is 1. The molecule has 23 heavy (non-hydrogen) atoms. The van der Waals surface area contributed by atoms with Crippen molar-refractivity contribution in [3.8, 4) is 5.75 Å². The monoisotopic (exact) mass is 330 g/mol. The number of methoxy groups -OCH3 is 1. The molecule has 0 radical (unpaired) electrons. The Morgan fingerprint density at radius 1 is 1.30 bits per heavy atom. The third kappa shape index (κ3) is 2.81. The number of anilines is 1. The van der Waals surface area contributed by atoms with Crippen molar-refractivity contribution in [1.29, 1.82) is 0 Å². The van der Waals surface area contributed by atoms with Crippen LogP contribution in [0.4, 0.5) is 11.4 Å². The number of rotatable bonds is 4. The van der Waals surface area contributed by atoms with Gasteiger partial charge >= 0.3 is 5.69 Å². The topological polar surface area (TPSA) is 107 Å². The van der Waals surface area contributed by atoms with Gasteiger partial charge in [0.2, 0.25) is 0 Å². The number of ether oxygens (including phenoxy) is 1. The molecular weight excluding hydrogens is 320 g/mol. The van der Waals surface area contributed by atoms with E-state index in [0.717, 1.165) is 11.7 Å². The molecule has 2 aromatic carbocycles. The molecule has 0 bridgehead atoms. The lowest BCUT2D eigenvalue weighted by atomic mass is 10.1. The van der Waals surface area contributed by atoms with E-state index in [1.54, 1.807) is 18.2 Å². The van der Waals surface area contributed by atoms with E-state index in [1.807, 2.05) is 0 Å². The summed E-state index contributed by atoms with van der Waals surface area (Å²) in [4.78, 5) is 22.8. The Morgan fingerprint density at radius 3 is 2.87 bits per heavy atom. The van der Waals surface area contributed by atoms with Gasteiger partial charge < -0.3 is 10.1 Å². The van der Waals surface area contributed by atoms with Gasteiger partial charge in [-0.25, -0.2) is 0 Å². The predicted molar refractivity (Wildman–Crippen MR) is 85.0 cm³/mol. The van der Waals surface area contributed by atoms with Gasteiger partial charge in [-0.3, -0.25) is 14.9 Å². The number of nitro groups is 1. The van der Waals surface area contributed by atoms with Crippen LogP contribution in [0, 0.1) is 10.1 Å². The number of fused-ring (bicyclic) bond motifs is 1. The van der Waals surface area contributed by atoms with Crippen LogP contribution in [0.3, 0.4) is 0 Å². The summed E-state index contributed by atoms with van der Waals surface area (Å²) in [5.74, 6) is -0.381. The summed E-state index contributed by atoms with van der Waals surface area (Å²) >= 11 is 1.04. The number of amides is 1. The maximum absolute atomic E-state index is 12.3. The molecule has 1 N–H and O–H groups in total. The summed E-state index contributed by atoms with van der Waals surface area (Å²) in [7, 11) is 1.33. The molecule has 0 aliphatic rings. The molecule has 116 valence electrons. The first-order valence-electron chi connectivity index (χ1n) is 6.45. The van der Waals surface area contributed by atoms with Crippen LogP contribution in [0.25, 0.3) is 11.0 Å². The number of aromatic nitrogens is 2. The molecule has 8 nitrogen and oxygen atoms in total. The Labute approximate surface area is 134 Å². The summed E-state index contributed by atoms with van der Waals surface area (Å²) in [6.07, 6.45) is 0. The normalized spacial score (nSPS) is 10.5. The summed E-state index contributed by atoms with van der Waals surface area (Å²) in [6, 6.07) is 9.24. The highest BCUT2D eigenvalue weighted by molar-refractivity contribution is 7.00. The lowest BCUT2D eigenvalue weighted by Gasteiger charge is -2.07. The van der Waals surface area contributed by atoms with E-state index < -0.39 is 10.8 Å². The minimum atomic E-state index is -0.597. The zero-order chi connectivity index (χ0) is 16.4. The second-order valence-electron chi connectivity index (χ2n) is 4.54. The first-order chi connectivity index (χ1) is 11.1. The van der Waals surface area contributed by atoms with Crippen LogP contribution in [0.1, 0.15) is 10.4 Å². The number of nitrogens with one attached hydrogen (secondary N) is 1. The van der Waals surface area contributed by atoms with Crippen molar-refractivity contribution < 1.29 is 14.5 Å². The average Bonchev–Trinajstić information content (AvgIpc) is 3.03. The van der Waals surface area contributed by atoms with E-state index in [2.05, 4.69) is 14.1 Å². The van der Waals surface area contributed by atoms with Crippen molar-refractivity contribution in [2.75, 3.05) is 12.4 Å². The highest BCUT2D eigenvalue weighted by atomic mass is 32.1. The number of benzene rings is 2. The molecule has 0 saturated carbocycles. The summed E-state index contributed by atoms with van der Waals surface area (Å²) < 4.78 is 13.1. The van der Waals surface area contributed by atoms with Crippen molar-refractivity contribution in [3.05, 3.63) is 52.1 Å². The van der Waals surface area contributed by atoms with E-state index >= 15 is 0 Å². The molecule has 1 aromatic heterocycles. The van der Waals surface area contributed by atoms with Crippen LogP contribution in [0.5, 0.6) is 5.75 Å². The van der Waals surface area contributed by atoms with E-state index in [0.29, 0.717) is 16.7 Å². The molecule has 0 fully saturated rings. The zero-order valence-electron chi connectivity index (χ0n) is 11.8. The molecule has 0 spiro atoms. The van der Waals surface area contributed by atoms with Crippen molar-refractivity contribution >= 4 is 40.0 Å². The molecule has 3 rings (SSSR count). The van der Waals surface area contributed by atoms with Crippen molar-refractivity contribution in [3.63, 3.8) is 0 Å². The molecule has 3 aromatic rings. The highest BCUT2D eigenvalue weighted by Gasteiger charge is 2.19. The number of carbonyl (C=O) groups excluding carboxylic acids is 1. The Bertz CT molecular complexity index is 909. The standard InChI is InChI=1S/C14H10N4O4S/c1-22-12-6-5-8(7-11(12)18(20)21)14(19)15-9-3-2-4-10-13(9)17-23-16-10/h2-7H,1H3,(H,15,19). The third-order valence-corrected chi connectivity index (χ3v) is 3.71. The summed E-state index contributed by atoms with van der Waals surface area (Å²) in [6.45, 7) is 0. The van der Waals surface area contributed by atoms with Gasteiger partial charge in [0.25, 0.3) is 5.91 Å². The van der Waals surface area contributed by atoms with Gasteiger partial charge in [0.15, 0.2) is 5.75 Å². The lowest BCUT2D eigenvalue weighted by Crippen LogP contribution is -2.12. The Balaban J connectivity index is 1.93. The fourth-order valence-electron chi connectivity index (χ4n) is 2.08. The summed E-state index contributed by atoms with van der Waals surface area (Å²) in [5, 5.41) is 13.7. The molecule has 0 aliphatic heterocycles. The van der Waals surface area contributed by atoms with Gasteiger partial charge in [0.1, 0.15) is 11.0 Å². The Hall–Kier alpha value is -3.07. The fourth-order valence-corrected chi connectivity index (χ4v) is 2.63. The predicted octanol–water partition coefficient (Wildman–Crippen LogP) is 2.86. The molecule has 1 amide bonds. The van der Waals surface area contributed by atoms with Crippen LogP contribution in [-0.4, -0.2) is 26.7 Å². The number of hydrogen-bond donors (Lipinski definition) is 1. The first kappa shape index (κ1) is 14.9. The van der Waals surface area contributed by atoms with Crippen molar-refractivity contribution in [2.24, 2.45) is 0 Å². The second-order valence-corrected chi connectivity index (χ2v) is 5.06. The van der Waals surface area contributed by atoms with Crippen molar-refractivity contribution in [2.45, 2.75) is 0 Å². The lowest BCUT2D eigenvalue weighted by molar-refractivity contribution is -0.385. The fraction of sp³-hybridized carbons (Fsp3) is 0.0714. The molecular formula is C14H10N4O4S.